The van der Waals surface area contributed by atoms with Crippen molar-refractivity contribution in [1.29, 1.82) is 0 Å². The molecule has 2 aromatic rings. The quantitative estimate of drug-likeness (QED) is 0.521. The second-order valence-electron chi connectivity index (χ2n) is 9.57. The van der Waals surface area contributed by atoms with Crippen molar-refractivity contribution in [3.63, 3.8) is 0 Å². The van der Waals surface area contributed by atoms with E-state index in [1.165, 1.54) is 36.0 Å². The smallest absolute Gasteiger partial charge is 0.229 e. The predicted octanol–water partition coefficient (Wildman–Crippen LogP) is 3.80. The maximum Gasteiger partial charge on any atom is 0.229 e. The zero-order chi connectivity index (χ0) is 21.9. The van der Waals surface area contributed by atoms with Gasteiger partial charge in [0, 0.05) is 49.5 Å². The second kappa shape index (κ2) is 9.45. The van der Waals surface area contributed by atoms with Crippen LogP contribution in [0.1, 0.15) is 61.1 Å². The number of anilines is 3. The van der Waals surface area contributed by atoms with Crippen LogP contribution in [0.5, 0.6) is 0 Å². The first-order valence-corrected chi connectivity index (χ1v) is 12.1. The van der Waals surface area contributed by atoms with Crippen LogP contribution in [0, 0.1) is 5.92 Å². The van der Waals surface area contributed by atoms with Crippen LogP contribution >= 0.6 is 0 Å². The summed E-state index contributed by atoms with van der Waals surface area (Å²) in [7, 11) is 2.17. The average molecular weight is 435 g/mol. The Hall–Kier alpha value is -2.67. The highest BCUT2D eigenvalue weighted by atomic mass is 16.1. The Morgan fingerprint density at radius 3 is 2.81 bits per heavy atom. The molecule has 3 N–H and O–H groups in total. The van der Waals surface area contributed by atoms with E-state index in [0.29, 0.717) is 18.4 Å². The van der Waals surface area contributed by atoms with Gasteiger partial charge >= 0.3 is 0 Å². The minimum Gasteiger partial charge on any atom is -0.370 e. The Morgan fingerprint density at radius 1 is 1.16 bits per heavy atom. The molecule has 2 heterocycles. The lowest BCUT2D eigenvalue weighted by atomic mass is 9.85. The molecule has 3 aliphatic rings. The molecule has 7 heteroatoms. The Bertz CT molecular complexity index is 969. The number of fused-ring (bicyclic) bond motifs is 1. The van der Waals surface area contributed by atoms with Crippen LogP contribution in [0.15, 0.2) is 24.4 Å². The molecule has 0 unspecified atom stereocenters. The number of benzene rings is 1. The summed E-state index contributed by atoms with van der Waals surface area (Å²) in [6.45, 7) is 3.60. The Kier molecular flexibility index (Phi) is 6.26. The van der Waals surface area contributed by atoms with Crippen LogP contribution in [-0.4, -0.2) is 47.5 Å². The molecule has 7 nitrogen and oxygen atoms in total. The van der Waals surface area contributed by atoms with E-state index in [1.54, 1.807) is 0 Å². The number of nitrogens with one attached hydrogen (secondary N) is 3. The topological polar surface area (TPSA) is 82.2 Å². The summed E-state index contributed by atoms with van der Waals surface area (Å²) in [6.07, 6.45) is 9.64. The summed E-state index contributed by atoms with van der Waals surface area (Å²) in [6, 6.07) is 6.56. The Labute approximate surface area is 190 Å². The lowest BCUT2D eigenvalue weighted by Gasteiger charge is -2.25. The minimum absolute atomic E-state index is 0.222. The molecule has 32 heavy (non-hydrogen) atoms. The van der Waals surface area contributed by atoms with Gasteiger partial charge < -0.3 is 20.9 Å². The van der Waals surface area contributed by atoms with Gasteiger partial charge in [-0.2, -0.15) is 4.98 Å². The molecular formula is C25H34N6O. The maximum absolute atomic E-state index is 12.0. The van der Waals surface area contributed by atoms with E-state index >= 15 is 0 Å². The van der Waals surface area contributed by atoms with Crippen molar-refractivity contribution in [2.45, 2.75) is 57.4 Å². The van der Waals surface area contributed by atoms with Crippen LogP contribution in [-0.2, 0) is 17.8 Å². The van der Waals surface area contributed by atoms with Crippen molar-refractivity contribution in [2.75, 3.05) is 37.3 Å². The summed E-state index contributed by atoms with van der Waals surface area (Å²) < 4.78 is 0. The highest BCUT2D eigenvalue weighted by molar-refractivity contribution is 5.79. The second-order valence-corrected chi connectivity index (χ2v) is 9.57. The Morgan fingerprint density at radius 2 is 2.03 bits per heavy atom. The molecule has 1 amide bonds. The summed E-state index contributed by atoms with van der Waals surface area (Å²) in [5.74, 6) is 2.60. The van der Waals surface area contributed by atoms with Gasteiger partial charge in [0.1, 0.15) is 5.82 Å². The van der Waals surface area contributed by atoms with Gasteiger partial charge in [-0.05, 0) is 74.8 Å². The third-order valence-electron chi connectivity index (χ3n) is 6.92. The lowest BCUT2D eigenvalue weighted by Crippen LogP contribution is -2.35. The fraction of sp³-hybridized carbons (Fsp3) is 0.560. The van der Waals surface area contributed by atoms with Gasteiger partial charge in [-0.1, -0.05) is 12.5 Å². The average Bonchev–Trinajstić information content (AvgIpc) is 3.58. The molecule has 1 aromatic carbocycles. The number of carbonyl (C=O) groups is 1. The first-order chi connectivity index (χ1) is 15.7. The van der Waals surface area contributed by atoms with Gasteiger partial charge in [0.2, 0.25) is 11.9 Å². The highest BCUT2D eigenvalue weighted by Gasteiger charge is 2.28. The molecule has 0 spiro atoms. The number of hydrogen-bond donors (Lipinski definition) is 3. The molecule has 2 saturated carbocycles. The van der Waals surface area contributed by atoms with Gasteiger partial charge in [-0.25, -0.2) is 4.98 Å². The van der Waals surface area contributed by atoms with Crippen LogP contribution < -0.4 is 16.0 Å². The van der Waals surface area contributed by atoms with Crippen LogP contribution in [0.3, 0.4) is 0 Å². The molecule has 1 aromatic heterocycles. The van der Waals surface area contributed by atoms with E-state index in [1.807, 2.05) is 6.20 Å². The molecule has 170 valence electrons. The van der Waals surface area contributed by atoms with E-state index in [-0.39, 0.29) is 11.8 Å². The highest BCUT2D eigenvalue weighted by Crippen LogP contribution is 2.42. The van der Waals surface area contributed by atoms with Crippen molar-refractivity contribution in [3.8, 4) is 0 Å². The number of rotatable bonds is 9. The van der Waals surface area contributed by atoms with Gasteiger partial charge in [-0.3, -0.25) is 4.79 Å². The predicted molar refractivity (Wildman–Crippen MR) is 127 cm³/mol. The standard InChI is InChI=1S/C25H34N6O/c1-31-13-10-19-14-21(9-8-20(19)16-31)29-25-28-15-22(17-6-7-17)23(30-25)26-11-3-12-27-24(32)18-4-2-5-18/h8-9,14-15,17-18H,2-7,10-13,16H2,1H3,(H,27,32)(H2,26,28,29,30). The summed E-state index contributed by atoms with van der Waals surface area (Å²) in [5.41, 5.74) is 5.06. The number of carbonyl (C=O) groups excluding carboxylic acids is 1. The summed E-state index contributed by atoms with van der Waals surface area (Å²) >= 11 is 0. The van der Waals surface area contributed by atoms with Crippen LogP contribution in [0.4, 0.5) is 17.5 Å². The molecule has 0 radical (unpaired) electrons. The monoisotopic (exact) mass is 434 g/mol. The third-order valence-corrected chi connectivity index (χ3v) is 6.92. The first-order valence-electron chi connectivity index (χ1n) is 12.1. The molecular weight excluding hydrogens is 400 g/mol. The van der Waals surface area contributed by atoms with Crippen molar-refractivity contribution in [3.05, 3.63) is 41.1 Å². The molecule has 0 atom stereocenters. The van der Waals surface area contributed by atoms with Gasteiger partial charge in [-0.15, -0.1) is 0 Å². The van der Waals surface area contributed by atoms with Crippen LogP contribution in [0.2, 0.25) is 0 Å². The molecule has 2 aliphatic carbocycles. The first kappa shape index (κ1) is 21.2. The maximum atomic E-state index is 12.0. The zero-order valence-electron chi connectivity index (χ0n) is 19.0. The minimum atomic E-state index is 0.222. The Balaban J connectivity index is 1.19. The van der Waals surface area contributed by atoms with Crippen molar-refractivity contribution >= 4 is 23.4 Å². The molecule has 5 rings (SSSR count). The van der Waals surface area contributed by atoms with Gasteiger partial charge in [0.05, 0.1) is 0 Å². The number of nitrogens with zero attached hydrogens (tertiary/aromatic N) is 3. The van der Waals surface area contributed by atoms with Crippen LogP contribution in [0.25, 0.3) is 0 Å². The van der Waals surface area contributed by atoms with Crippen molar-refractivity contribution in [2.24, 2.45) is 5.92 Å². The largest absolute Gasteiger partial charge is 0.370 e. The normalized spacial score (nSPS) is 18.5. The number of amides is 1. The fourth-order valence-corrected chi connectivity index (χ4v) is 4.51. The fourth-order valence-electron chi connectivity index (χ4n) is 4.51. The lowest BCUT2D eigenvalue weighted by molar-refractivity contribution is -0.127. The molecule has 1 aliphatic heterocycles. The molecule has 0 saturated heterocycles. The van der Waals surface area contributed by atoms with E-state index < -0.39 is 0 Å². The number of hydrogen-bond acceptors (Lipinski definition) is 6. The van der Waals surface area contributed by atoms with E-state index in [2.05, 4.69) is 51.1 Å². The SMILES string of the molecule is CN1CCc2cc(Nc3ncc(C4CC4)c(NCCCNC(=O)C4CCC4)n3)ccc2C1. The number of likely N-dealkylation sites (N-methyl/N-ethyl adjacent to an activating group) is 1. The van der Waals surface area contributed by atoms with Gasteiger partial charge in [0.15, 0.2) is 0 Å². The van der Waals surface area contributed by atoms with Crippen molar-refractivity contribution < 1.29 is 4.79 Å². The number of aromatic nitrogens is 2. The summed E-state index contributed by atoms with van der Waals surface area (Å²) in [5, 5.41) is 9.96. The zero-order valence-corrected chi connectivity index (χ0v) is 19.0. The van der Waals surface area contributed by atoms with E-state index in [0.717, 1.165) is 56.8 Å². The summed E-state index contributed by atoms with van der Waals surface area (Å²) in [4.78, 5) is 23.7. The van der Waals surface area contributed by atoms with Gasteiger partial charge in [0.25, 0.3) is 0 Å². The van der Waals surface area contributed by atoms with Crippen molar-refractivity contribution in [1.82, 2.24) is 20.2 Å². The molecule has 2 fully saturated rings. The van der Waals surface area contributed by atoms with E-state index in [9.17, 15) is 4.79 Å². The third kappa shape index (κ3) is 5.04. The molecule has 0 bridgehead atoms. The van der Waals surface area contributed by atoms with E-state index in [4.69, 9.17) is 4.98 Å².